The van der Waals surface area contributed by atoms with Crippen molar-refractivity contribution in [1.82, 2.24) is 14.8 Å². The highest BCUT2D eigenvalue weighted by molar-refractivity contribution is 7.13. The summed E-state index contributed by atoms with van der Waals surface area (Å²) in [6, 6.07) is 6.87. The Morgan fingerprint density at radius 2 is 1.79 bits per heavy atom. The van der Waals surface area contributed by atoms with Crippen molar-refractivity contribution < 1.29 is 18.8 Å². The molecule has 6 nitrogen and oxygen atoms in total. The maximum absolute atomic E-state index is 13.3. The van der Waals surface area contributed by atoms with E-state index < -0.39 is 0 Å². The van der Waals surface area contributed by atoms with E-state index in [0.717, 1.165) is 52.0 Å². The summed E-state index contributed by atoms with van der Waals surface area (Å²) in [5, 5.41) is 0.713. The molecule has 3 atom stereocenters. The van der Waals surface area contributed by atoms with Crippen LogP contribution in [0.3, 0.4) is 0 Å². The van der Waals surface area contributed by atoms with Crippen LogP contribution < -0.4 is 0 Å². The predicted molar refractivity (Wildman–Crippen MR) is 148 cm³/mol. The molecule has 2 fully saturated rings. The van der Waals surface area contributed by atoms with E-state index in [0.29, 0.717) is 40.4 Å². The highest BCUT2D eigenvalue weighted by Crippen LogP contribution is 2.31. The number of hydrogen-bond donors (Lipinski definition) is 0. The number of aryl methyl sites for hydroxylation is 1. The van der Waals surface area contributed by atoms with Gasteiger partial charge in [0, 0.05) is 33.0 Å². The van der Waals surface area contributed by atoms with Crippen molar-refractivity contribution >= 4 is 28.7 Å². The number of carbonyl (C=O) groups is 3. The molecule has 2 aliphatic rings. The first-order chi connectivity index (χ1) is 18.2. The zero-order valence-corrected chi connectivity index (χ0v) is 23.7. The quantitative estimate of drug-likeness (QED) is 0.382. The van der Waals surface area contributed by atoms with E-state index in [9.17, 15) is 18.8 Å². The van der Waals surface area contributed by atoms with Gasteiger partial charge in [0.15, 0.2) is 5.78 Å². The number of thiazole rings is 1. The fourth-order valence-corrected chi connectivity index (χ4v) is 7.23. The third-order valence-electron chi connectivity index (χ3n) is 7.95. The fraction of sp³-hybridized carbons (Fsp3) is 0.600. The average Bonchev–Trinajstić information content (AvgIpc) is 3.22. The van der Waals surface area contributed by atoms with E-state index in [1.54, 1.807) is 19.1 Å². The first-order valence-electron chi connectivity index (χ1n) is 13.8. The summed E-state index contributed by atoms with van der Waals surface area (Å²) in [7, 11) is 0. The predicted octanol–water partition coefficient (Wildman–Crippen LogP) is 4.78. The van der Waals surface area contributed by atoms with Crippen molar-refractivity contribution in [2.75, 3.05) is 39.3 Å². The number of rotatable bonds is 11. The number of aromatic nitrogens is 1. The van der Waals surface area contributed by atoms with Crippen molar-refractivity contribution in [3.8, 4) is 0 Å². The number of halogens is 1. The third kappa shape index (κ3) is 8.10. The van der Waals surface area contributed by atoms with Crippen LogP contribution in [0.5, 0.6) is 0 Å². The highest BCUT2D eigenvalue weighted by Gasteiger charge is 2.33. The number of piperidine rings is 2. The summed E-state index contributed by atoms with van der Waals surface area (Å²) in [5.41, 5.74) is 1.89. The van der Waals surface area contributed by atoms with Crippen molar-refractivity contribution in [2.24, 2.45) is 17.8 Å². The molecular weight excluding hydrogens is 501 g/mol. The largest absolute Gasteiger partial charge is 0.303 e. The molecule has 0 N–H and O–H groups in total. The van der Waals surface area contributed by atoms with Crippen LogP contribution in [-0.2, 0) is 22.4 Å². The molecule has 0 aliphatic carbocycles. The first-order valence-corrected chi connectivity index (χ1v) is 14.7. The molecule has 2 saturated heterocycles. The number of hydrogen-bond acceptors (Lipinski definition) is 7. The normalized spacial score (nSPS) is 22.9. The van der Waals surface area contributed by atoms with Crippen LogP contribution in [0.25, 0.3) is 0 Å². The lowest BCUT2D eigenvalue weighted by atomic mass is 9.80. The molecule has 8 heteroatoms. The monoisotopic (exact) mass is 541 g/mol. The molecule has 1 aromatic heterocycles. The lowest BCUT2D eigenvalue weighted by Gasteiger charge is -2.42. The second-order valence-corrected chi connectivity index (χ2v) is 12.4. The van der Waals surface area contributed by atoms with Crippen LogP contribution in [-0.4, -0.2) is 71.4 Å². The number of Topliss-reactive ketones (excluding diaryl/α,β-unsaturated/α-hetero) is 3. The Labute approximate surface area is 229 Å². The van der Waals surface area contributed by atoms with Crippen LogP contribution in [0, 0.1) is 30.5 Å². The molecule has 2 aliphatic heterocycles. The van der Waals surface area contributed by atoms with Gasteiger partial charge in [0.1, 0.15) is 22.4 Å². The van der Waals surface area contributed by atoms with Crippen LogP contribution >= 0.6 is 11.3 Å². The van der Waals surface area contributed by atoms with Gasteiger partial charge in [-0.25, -0.2) is 9.37 Å². The van der Waals surface area contributed by atoms with Crippen molar-refractivity contribution in [3.05, 3.63) is 51.2 Å². The Morgan fingerprint density at radius 3 is 2.47 bits per heavy atom. The Kier molecular flexibility index (Phi) is 9.96. The average molecular weight is 542 g/mol. The van der Waals surface area contributed by atoms with Gasteiger partial charge in [0.25, 0.3) is 0 Å². The van der Waals surface area contributed by atoms with Gasteiger partial charge in [0.2, 0.25) is 0 Å². The van der Waals surface area contributed by atoms with Gasteiger partial charge in [0.05, 0.1) is 23.5 Å². The molecule has 206 valence electrons. The van der Waals surface area contributed by atoms with Gasteiger partial charge in [-0.15, -0.1) is 11.3 Å². The van der Waals surface area contributed by atoms with E-state index in [1.165, 1.54) is 30.2 Å². The molecule has 0 saturated carbocycles. The van der Waals surface area contributed by atoms with E-state index in [-0.39, 0.29) is 35.5 Å². The zero-order chi connectivity index (χ0) is 27.2. The van der Waals surface area contributed by atoms with Gasteiger partial charge in [-0.05, 0) is 88.1 Å². The van der Waals surface area contributed by atoms with Crippen LogP contribution in [0.4, 0.5) is 4.39 Å². The third-order valence-corrected chi connectivity index (χ3v) is 9.21. The minimum atomic E-state index is -0.194. The van der Waals surface area contributed by atoms with E-state index in [4.69, 9.17) is 0 Å². The van der Waals surface area contributed by atoms with E-state index >= 15 is 0 Å². The topological polar surface area (TPSA) is 70.6 Å². The fourth-order valence-electron chi connectivity index (χ4n) is 6.24. The van der Waals surface area contributed by atoms with Gasteiger partial charge in [-0.1, -0.05) is 12.1 Å². The second kappa shape index (κ2) is 13.2. The molecule has 38 heavy (non-hydrogen) atoms. The first kappa shape index (κ1) is 28.7. The summed E-state index contributed by atoms with van der Waals surface area (Å²) in [6.45, 7) is 10.1. The zero-order valence-electron chi connectivity index (χ0n) is 22.9. The minimum Gasteiger partial charge on any atom is -0.303 e. The van der Waals surface area contributed by atoms with E-state index in [2.05, 4.69) is 14.8 Å². The summed E-state index contributed by atoms with van der Waals surface area (Å²) in [6.07, 6.45) is 5.02. The summed E-state index contributed by atoms with van der Waals surface area (Å²) >= 11 is 1.33. The number of carbonyl (C=O) groups excluding carboxylic acids is 3. The lowest BCUT2D eigenvalue weighted by Crippen LogP contribution is -2.48. The van der Waals surface area contributed by atoms with Crippen LogP contribution in [0.1, 0.15) is 65.5 Å². The molecule has 3 heterocycles. The van der Waals surface area contributed by atoms with Gasteiger partial charge in [-0.3, -0.25) is 19.3 Å². The van der Waals surface area contributed by atoms with Crippen molar-refractivity contribution in [2.45, 2.75) is 59.3 Å². The molecule has 0 amide bonds. The van der Waals surface area contributed by atoms with Gasteiger partial charge < -0.3 is 4.90 Å². The van der Waals surface area contributed by atoms with Crippen LogP contribution in [0.2, 0.25) is 0 Å². The van der Waals surface area contributed by atoms with Crippen molar-refractivity contribution in [1.29, 1.82) is 0 Å². The smallest absolute Gasteiger partial charge is 0.171 e. The van der Waals surface area contributed by atoms with Gasteiger partial charge >= 0.3 is 0 Å². The summed E-state index contributed by atoms with van der Waals surface area (Å²) < 4.78 is 13.3. The SMILES string of the molecule is CC(=O)CN1CC[C@@H](CN2CCC[C@@H](Cc3ccc(F)cc3)C2)[C@H](CC(=O)Cc2nc(C)c(C(C)=O)s2)C1. The molecular formula is C30H40FN3O3S. The molecule has 0 spiro atoms. The molecule has 0 radical (unpaired) electrons. The number of likely N-dealkylation sites (tertiary alicyclic amines) is 2. The summed E-state index contributed by atoms with van der Waals surface area (Å²) in [5.74, 6) is 1.25. The van der Waals surface area contributed by atoms with E-state index in [1.807, 2.05) is 19.1 Å². The molecule has 2 aromatic rings. The maximum Gasteiger partial charge on any atom is 0.171 e. The lowest BCUT2D eigenvalue weighted by molar-refractivity contribution is -0.120. The number of nitrogens with zero attached hydrogens (tertiary/aromatic N) is 3. The van der Waals surface area contributed by atoms with Crippen molar-refractivity contribution in [3.63, 3.8) is 0 Å². The standard InChI is InChI=1S/C30H40FN3O3S/c1-20(35)16-34-12-10-25(18-33-11-4-5-24(17-33)13-23-6-8-27(31)9-7-23)26(19-34)14-28(37)15-29-32-21(2)30(38-29)22(3)36/h6-9,24-26H,4-5,10-19H2,1-3H3/t24-,25-,26+/m0/s1. The second-order valence-electron chi connectivity index (χ2n) is 11.3. The Balaban J connectivity index is 1.38. The molecule has 1 aromatic carbocycles. The van der Waals surface area contributed by atoms with Gasteiger partial charge in [-0.2, -0.15) is 0 Å². The molecule has 4 rings (SSSR count). The Bertz CT molecular complexity index is 1130. The molecule has 0 unspecified atom stereocenters. The molecule has 0 bridgehead atoms. The summed E-state index contributed by atoms with van der Waals surface area (Å²) in [4.78, 5) is 46.7. The Morgan fingerprint density at radius 1 is 1.03 bits per heavy atom. The highest BCUT2D eigenvalue weighted by atomic mass is 32.1. The number of benzene rings is 1. The van der Waals surface area contributed by atoms with Crippen LogP contribution in [0.15, 0.2) is 24.3 Å². The minimum absolute atomic E-state index is 0.00909. The Hall–Kier alpha value is -2.29. The maximum atomic E-state index is 13.3. The number of ketones is 3.